The Labute approximate surface area is 350 Å². The Hall–Kier alpha value is -7.63. The molecule has 0 amide bonds. The molecule has 0 atom stereocenters. The Morgan fingerprint density at radius 3 is 1.46 bits per heavy atom. The van der Waals surface area contributed by atoms with Crippen LogP contribution in [-0.4, -0.2) is 24.1 Å². The van der Waals surface area contributed by atoms with E-state index in [2.05, 4.69) is 0 Å². The number of nitrogens with zero attached hydrogens (tertiary/aromatic N) is 5. The zero-order valence-electron chi connectivity index (χ0n) is 47.8. The van der Waals surface area contributed by atoms with Gasteiger partial charge in [0.2, 0.25) is 5.95 Å². The van der Waals surface area contributed by atoms with Crippen LogP contribution in [-0.2, 0) is 0 Å². The van der Waals surface area contributed by atoms with Gasteiger partial charge in [-0.05, 0) is 58.5 Å². The summed E-state index contributed by atoms with van der Waals surface area (Å²) in [5, 5.41) is -1.35. The summed E-state index contributed by atoms with van der Waals surface area (Å²) in [6.45, 7) is 0. The lowest BCUT2D eigenvalue weighted by molar-refractivity contribution is 0.953. The van der Waals surface area contributed by atoms with Crippen LogP contribution in [0.15, 0.2) is 200 Å². The molecule has 0 N–H and O–H groups in total. The van der Waals surface area contributed by atoms with Crippen LogP contribution >= 0.6 is 0 Å². The molecule has 262 valence electrons. The van der Waals surface area contributed by atoms with Gasteiger partial charge in [0.25, 0.3) is 0 Å². The lowest BCUT2D eigenvalue weighted by atomic mass is 10.0. The Bertz CT molecular complexity index is 4270. The molecule has 0 fully saturated rings. The van der Waals surface area contributed by atoms with E-state index in [1.165, 1.54) is 4.57 Å². The third-order valence-electron chi connectivity index (χ3n) is 9.38. The predicted molar refractivity (Wildman–Crippen MR) is 230 cm³/mol. The fourth-order valence-electron chi connectivity index (χ4n) is 6.80. The van der Waals surface area contributed by atoms with Crippen LogP contribution in [0, 0.1) is 0 Å². The molecule has 5 nitrogen and oxygen atoms in total. The van der Waals surface area contributed by atoms with Crippen molar-refractivity contribution >= 4 is 43.6 Å². The molecule has 0 saturated carbocycles. The van der Waals surface area contributed by atoms with Gasteiger partial charge in [0.05, 0.1) is 48.1 Å². The Balaban J connectivity index is 1.33. The van der Waals surface area contributed by atoms with E-state index >= 15 is 0 Å². The Morgan fingerprint density at radius 2 is 0.821 bits per heavy atom. The van der Waals surface area contributed by atoms with Crippen molar-refractivity contribution in [3.63, 3.8) is 0 Å². The molecule has 56 heavy (non-hydrogen) atoms. The second-order valence-electron chi connectivity index (χ2n) is 12.6. The molecule has 0 aliphatic carbocycles. The van der Waals surface area contributed by atoms with E-state index in [-0.39, 0.29) is 44.8 Å². The van der Waals surface area contributed by atoms with Crippen LogP contribution in [0.5, 0.6) is 0 Å². The van der Waals surface area contributed by atoms with E-state index in [4.69, 9.17) is 27.3 Å². The van der Waals surface area contributed by atoms with Gasteiger partial charge in [0.1, 0.15) is 0 Å². The summed E-state index contributed by atoms with van der Waals surface area (Å²) in [5.74, 6) is -0.103. The van der Waals surface area contributed by atoms with Crippen LogP contribution < -0.4 is 0 Å². The van der Waals surface area contributed by atoms with Crippen LogP contribution in [0.4, 0.5) is 0 Å². The van der Waals surface area contributed by atoms with Gasteiger partial charge in [-0.3, -0.25) is 4.57 Å². The van der Waals surface area contributed by atoms with Gasteiger partial charge in [0.15, 0.2) is 11.6 Å². The number of benzene rings is 8. The van der Waals surface area contributed by atoms with E-state index in [1.54, 1.807) is 42.5 Å². The molecule has 0 spiro atoms. The van der Waals surface area contributed by atoms with Gasteiger partial charge in [-0.2, -0.15) is 9.97 Å². The first-order valence-corrected chi connectivity index (χ1v) is 17.3. The fourth-order valence-corrected chi connectivity index (χ4v) is 6.80. The molecule has 5 heteroatoms. The third-order valence-corrected chi connectivity index (χ3v) is 9.38. The minimum absolute atomic E-state index is 0.0913. The van der Waals surface area contributed by atoms with Crippen molar-refractivity contribution in [2.45, 2.75) is 0 Å². The molecule has 0 aliphatic rings. The summed E-state index contributed by atoms with van der Waals surface area (Å²) in [7, 11) is 0. The van der Waals surface area contributed by atoms with Gasteiger partial charge >= 0.3 is 0 Å². The summed E-state index contributed by atoms with van der Waals surface area (Å²) >= 11 is 0. The van der Waals surface area contributed by atoms with Crippen LogP contribution in [0.3, 0.4) is 0 Å². The number of hydrogen-bond donors (Lipinski definition) is 0. The maximum Gasteiger partial charge on any atom is 0.238 e. The highest BCUT2D eigenvalue weighted by Gasteiger charge is 2.21. The highest BCUT2D eigenvalue weighted by molar-refractivity contribution is 6.19. The minimum Gasteiger partial charge on any atom is -0.309 e. The second kappa shape index (κ2) is 13.0. The second-order valence-corrected chi connectivity index (χ2v) is 12.6. The summed E-state index contributed by atoms with van der Waals surface area (Å²) in [4.78, 5) is 14.6. The van der Waals surface area contributed by atoms with Crippen molar-refractivity contribution in [3.8, 4) is 56.7 Å². The number of fused-ring (bicyclic) bond motifs is 6. The summed E-state index contributed by atoms with van der Waals surface area (Å²) in [5.41, 5.74) is -0.815. The van der Waals surface area contributed by atoms with Crippen molar-refractivity contribution in [3.05, 3.63) is 200 Å². The summed E-state index contributed by atoms with van der Waals surface area (Å²) < 4.78 is 174. The van der Waals surface area contributed by atoms with Gasteiger partial charge in [-0.25, -0.2) is 4.98 Å². The van der Waals surface area contributed by atoms with E-state index in [9.17, 15) is 13.7 Å². The van der Waals surface area contributed by atoms with Crippen LogP contribution in [0.1, 0.15) is 26.0 Å². The molecule has 11 aromatic rings. The lowest BCUT2D eigenvalue weighted by Gasteiger charge is -2.12. The molecule has 0 saturated heterocycles. The standard InChI is InChI=1S/C51H33N5/c1-4-14-34(15-5-1)36-24-26-39(27-25-36)50-52-49(38-18-8-3-9-19-38)53-51(54-50)56-46-23-13-11-21-42(46)44-32-43-41-20-10-12-22-45(41)55(47(43)33-48(44)56)40-30-28-37(29-31-40)35-16-6-2-7-17-35/h1-33H/i2D,6D,7D,10D,11D,12D,13D,16D,17D,20D,21D,22D,23D,28D,29D,30D,31D,32D,33D. The number of aromatic nitrogens is 5. The first-order chi connectivity index (χ1) is 35.7. The molecule has 0 aliphatic heterocycles. The van der Waals surface area contributed by atoms with Gasteiger partial charge in [-0.1, -0.05) is 163 Å². The average molecular weight is 735 g/mol. The highest BCUT2D eigenvalue weighted by Crippen LogP contribution is 2.40. The van der Waals surface area contributed by atoms with E-state index in [0.717, 1.165) is 15.7 Å². The van der Waals surface area contributed by atoms with Crippen LogP contribution in [0.25, 0.3) is 100 Å². The van der Waals surface area contributed by atoms with Gasteiger partial charge < -0.3 is 4.57 Å². The molecule has 0 bridgehead atoms. The topological polar surface area (TPSA) is 48.5 Å². The van der Waals surface area contributed by atoms with Gasteiger partial charge in [-0.15, -0.1) is 0 Å². The maximum atomic E-state index is 10.3. The molecule has 11 rings (SSSR count). The molecule has 8 aromatic carbocycles. The number of hydrogen-bond acceptors (Lipinski definition) is 3. The molecule has 3 heterocycles. The first-order valence-electron chi connectivity index (χ1n) is 26.8. The Kier molecular flexibility index (Phi) is 4.22. The van der Waals surface area contributed by atoms with Crippen LogP contribution in [0.2, 0.25) is 0 Å². The van der Waals surface area contributed by atoms with Crippen molar-refractivity contribution in [1.82, 2.24) is 24.1 Å². The molecule has 3 aromatic heterocycles. The fraction of sp³-hybridized carbons (Fsp3) is 0. The minimum atomic E-state index is -0.928. The first kappa shape index (κ1) is 18.1. The largest absolute Gasteiger partial charge is 0.309 e. The Morgan fingerprint density at radius 1 is 0.339 bits per heavy atom. The SMILES string of the molecule is [2H]c1c([2H])c([2H])c(-c2c([2H])c([2H])c(-n3c4c([2H])c([2H])c([2H])c([2H])c4c4c([2H])c5c6c([2H])c([2H])c([2H])c([2H])c6n(-c6nc(-c7ccccc7)nc(-c7ccc(-c8ccccc8)cc7)n6)c5c([2H])c43)c([2H])c2[2H])c([2H])c1[2H]. The molecular weight excluding hydrogens is 683 g/mol. The normalized spacial score (nSPS) is 16.3. The quantitative estimate of drug-likeness (QED) is 0.171. The number of para-hydroxylation sites is 2. The summed E-state index contributed by atoms with van der Waals surface area (Å²) in [6.07, 6.45) is 0. The van der Waals surface area contributed by atoms with Crippen molar-refractivity contribution in [1.29, 1.82) is 0 Å². The molecular formula is C51H33N5. The van der Waals surface area contributed by atoms with E-state index in [0.29, 0.717) is 11.1 Å². The third kappa shape index (κ3) is 5.29. The van der Waals surface area contributed by atoms with Crippen molar-refractivity contribution < 1.29 is 26.0 Å². The highest BCUT2D eigenvalue weighted by atomic mass is 15.2. The van der Waals surface area contributed by atoms with Gasteiger partial charge in [0, 0.05) is 38.4 Å². The number of rotatable bonds is 6. The zero-order valence-corrected chi connectivity index (χ0v) is 28.8. The smallest absolute Gasteiger partial charge is 0.238 e. The maximum absolute atomic E-state index is 10.3. The molecule has 0 radical (unpaired) electrons. The molecule has 0 unspecified atom stereocenters. The summed E-state index contributed by atoms with van der Waals surface area (Å²) in [6, 6.07) is 10.9. The monoisotopic (exact) mass is 734 g/mol. The van der Waals surface area contributed by atoms with Crippen molar-refractivity contribution in [2.75, 3.05) is 0 Å². The average Bonchev–Trinajstić information content (AvgIpc) is 4.06. The lowest BCUT2D eigenvalue weighted by Crippen LogP contribution is -2.06. The predicted octanol–water partition coefficient (Wildman–Crippen LogP) is 12.7. The van der Waals surface area contributed by atoms with E-state index < -0.39 is 148 Å². The van der Waals surface area contributed by atoms with E-state index in [1.807, 2.05) is 42.5 Å². The van der Waals surface area contributed by atoms with Crippen molar-refractivity contribution in [2.24, 2.45) is 0 Å². The zero-order chi connectivity index (χ0) is 53.5.